The van der Waals surface area contributed by atoms with Crippen molar-refractivity contribution in [2.75, 3.05) is 6.26 Å². The van der Waals surface area contributed by atoms with Gasteiger partial charge >= 0.3 is 5.91 Å². The Bertz CT molecular complexity index is 1010. The lowest BCUT2D eigenvalue weighted by Gasteiger charge is -2.33. The molecule has 3 rings (SSSR count). The number of rotatable bonds is 3. The molecule has 0 fully saturated rings. The Morgan fingerprint density at radius 1 is 1.18 bits per heavy atom. The maximum Gasteiger partial charge on any atom is 0.305 e. The number of carbonyl (C=O) groups excluding carboxylic acids is 2. The number of fused-ring (bicyclic) bond motifs is 1. The first kappa shape index (κ1) is 20.6. The van der Waals surface area contributed by atoms with Gasteiger partial charge in [0.15, 0.2) is 5.76 Å². The Hall–Kier alpha value is -2.13. The van der Waals surface area contributed by atoms with Crippen molar-refractivity contribution in [3.05, 3.63) is 39.3 Å². The van der Waals surface area contributed by atoms with Crippen molar-refractivity contribution in [3.8, 4) is 0 Å². The van der Waals surface area contributed by atoms with Gasteiger partial charge in [0.25, 0.3) is 5.91 Å². The molecule has 2 aromatic rings. The molecular formula is C19H24N2O5S2. The van der Waals surface area contributed by atoms with E-state index in [-0.39, 0.29) is 16.3 Å². The van der Waals surface area contributed by atoms with Crippen molar-refractivity contribution in [2.45, 2.75) is 45.1 Å². The van der Waals surface area contributed by atoms with Crippen LogP contribution < -0.4 is 10.9 Å². The minimum absolute atomic E-state index is 0.195. The molecule has 0 spiro atoms. The molecule has 152 valence electrons. The van der Waals surface area contributed by atoms with Crippen molar-refractivity contribution in [2.24, 2.45) is 11.3 Å². The number of aryl methyl sites for hydroxylation is 1. The summed E-state index contributed by atoms with van der Waals surface area (Å²) in [5.74, 6) is -0.750. The Balaban J connectivity index is 1.62. The number of amides is 2. The Morgan fingerprint density at radius 3 is 2.46 bits per heavy atom. The van der Waals surface area contributed by atoms with Gasteiger partial charge in [-0.1, -0.05) is 20.8 Å². The molecule has 1 aliphatic rings. The molecule has 7 nitrogen and oxygen atoms in total. The van der Waals surface area contributed by atoms with Crippen LogP contribution in [0.4, 0.5) is 0 Å². The van der Waals surface area contributed by atoms with Crippen molar-refractivity contribution in [1.29, 1.82) is 0 Å². The van der Waals surface area contributed by atoms with E-state index in [1.165, 1.54) is 33.9 Å². The highest BCUT2D eigenvalue weighted by Gasteiger charge is 2.30. The minimum atomic E-state index is -3.54. The van der Waals surface area contributed by atoms with Crippen LogP contribution in [0.2, 0.25) is 0 Å². The molecule has 0 bridgehead atoms. The van der Waals surface area contributed by atoms with Gasteiger partial charge in [0, 0.05) is 11.1 Å². The van der Waals surface area contributed by atoms with E-state index in [0.717, 1.165) is 25.5 Å². The van der Waals surface area contributed by atoms with E-state index in [4.69, 9.17) is 4.42 Å². The van der Waals surface area contributed by atoms with Crippen LogP contribution >= 0.6 is 11.3 Å². The summed E-state index contributed by atoms with van der Waals surface area (Å²) in [7, 11) is -3.54. The Morgan fingerprint density at radius 2 is 1.86 bits per heavy atom. The van der Waals surface area contributed by atoms with Crippen LogP contribution in [0, 0.1) is 11.3 Å². The van der Waals surface area contributed by atoms with Crippen LogP contribution in [0.15, 0.2) is 27.7 Å². The lowest BCUT2D eigenvalue weighted by Crippen LogP contribution is -2.41. The maximum absolute atomic E-state index is 12.4. The fourth-order valence-corrected chi connectivity index (χ4v) is 4.91. The lowest BCUT2D eigenvalue weighted by atomic mass is 9.72. The Kier molecular flexibility index (Phi) is 5.42. The zero-order valence-corrected chi connectivity index (χ0v) is 17.9. The predicted octanol–water partition coefficient (Wildman–Crippen LogP) is 2.97. The van der Waals surface area contributed by atoms with Crippen molar-refractivity contribution in [1.82, 2.24) is 10.9 Å². The van der Waals surface area contributed by atoms with Crippen molar-refractivity contribution >= 4 is 33.0 Å². The van der Waals surface area contributed by atoms with Crippen LogP contribution in [0.25, 0.3) is 0 Å². The van der Waals surface area contributed by atoms with E-state index >= 15 is 0 Å². The minimum Gasteiger partial charge on any atom is -0.439 e. The summed E-state index contributed by atoms with van der Waals surface area (Å²) in [5.41, 5.74) is 6.04. The average molecular weight is 425 g/mol. The molecule has 0 radical (unpaired) electrons. The molecule has 0 aromatic carbocycles. The van der Waals surface area contributed by atoms with Gasteiger partial charge in [0.2, 0.25) is 14.9 Å². The summed E-state index contributed by atoms with van der Waals surface area (Å²) in [4.78, 5) is 26.2. The molecule has 2 heterocycles. The van der Waals surface area contributed by atoms with Gasteiger partial charge in [-0.25, -0.2) is 8.42 Å². The summed E-state index contributed by atoms with van der Waals surface area (Å²) in [6.07, 6.45) is 4.01. The third-order valence-corrected chi connectivity index (χ3v) is 7.18. The first-order chi connectivity index (χ1) is 12.9. The normalized spacial score (nSPS) is 17.1. The molecule has 1 unspecified atom stereocenters. The second-order valence-corrected chi connectivity index (χ2v) is 11.2. The number of hydrogen-bond acceptors (Lipinski definition) is 6. The third kappa shape index (κ3) is 4.47. The van der Waals surface area contributed by atoms with Gasteiger partial charge in [-0.3, -0.25) is 20.4 Å². The molecule has 9 heteroatoms. The quantitative estimate of drug-likeness (QED) is 0.737. The molecule has 0 saturated heterocycles. The number of nitrogens with one attached hydrogen (secondary N) is 2. The first-order valence-electron chi connectivity index (χ1n) is 8.97. The number of hydrazine groups is 1. The highest BCUT2D eigenvalue weighted by atomic mass is 32.2. The molecular weight excluding hydrogens is 400 g/mol. The standard InChI is InChI=1S/C19H24N2O5S2/c1-19(2,3)12-5-7-14-11(9-12)10-15(27-14)18(23)21-20-17(22)13-6-8-16(26-13)28(4,24)25/h6,8,10,12H,5,7,9H2,1-4H3,(H,20,22)(H,21,23). The summed E-state index contributed by atoms with van der Waals surface area (Å²) in [6.45, 7) is 6.71. The van der Waals surface area contributed by atoms with Crippen LogP contribution in [0.1, 0.15) is 57.9 Å². The summed E-state index contributed by atoms with van der Waals surface area (Å²) in [5, 5.41) is -0.302. The number of carbonyl (C=O) groups is 2. The number of furan rings is 1. The zero-order valence-electron chi connectivity index (χ0n) is 16.3. The van der Waals surface area contributed by atoms with Gasteiger partial charge in [-0.05, 0) is 54.4 Å². The van der Waals surface area contributed by atoms with Gasteiger partial charge in [0.05, 0.1) is 4.88 Å². The fourth-order valence-electron chi connectivity index (χ4n) is 3.25. The largest absolute Gasteiger partial charge is 0.439 e. The topological polar surface area (TPSA) is 105 Å². The highest BCUT2D eigenvalue weighted by molar-refractivity contribution is 7.90. The molecule has 0 aliphatic heterocycles. The van der Waals surface area contributed by atoms with E-state index < -0.39 is 21.7 Å². The van der Waals surface area contributed by atoms with Crippen molar-refractivity contribution in [3.63, 3.8) is 0 Å². The van der Waals surface area contributed by atoms with Gasteiger partial charge in [-0.15, -0.1) is 11.3 Å². The molecule has 0 saturated carbocycles. The van der Waals surface area contributed by atoms with Crippen LogP contribution in [-0.2, 0) is 22.7 Å². The first-order valence-corrected chi connectivity index (χ1v) is 11.7. The zero-order chi connectivity index (χ0) is 20.7. The second kappa shape index (κ2) is 7.36. The van der Waals surface area contributed by atoms with E-state index in [1.807, 2.05) is 6.07 Å². The van der Waals surface area contributed by atoms with Gasteiger partial charge in [-0.2, -0.15) is 0 Å². The summed E-state index contributed by atoms with van der Waals surface area (Å²) in [6, 6.07) is 4.34. The second-order valence-electron chi connectivity index (χ2n) is 8.16. The summed E-state index contributed by atoms with van der Waals surface area (Å²) >= 11 is 1.44. The SMILES string of the molecule is CC(C)(C)C1CCc2sc(C(=O)NNC(=O)c3ccc(S(C)(=O)=O)o3)cc2C1. The van der Waals surface area contributed by atoms with E-state index in [0.29, 0.717) is 10.8 Å². The van der Waals surface area contributed by atoms with E-state index in [1.54, 1.807) is 0 Å². The van der Waals surface area contributed by atoms with Crippen LogP contribution in [0.3, 0.4) is 0 Å². The molecule has 2 amide bonds. The summed E-state index contributed by atoms with van der Waals surface area (Å²) < 4.78 is 27.8. The smallest absolute Gasteiger partial charge is 0.305 e. The predicted molar refractivity (Wildman–Crippen MR) is 106 cm³/mol. The maximum atomic E-state index is 12.4. The third-order valence-electron chi connectivity index (χ3n) is 4.99. The molecule has 1 aliphatic carbocycles. The molecule has 1 atom stereocenters. The van der Waals surface area contributed by atoms with Crippen LogP contribution in [-0.4, -0.2) is 26.5 Å². The van der Waals surface area contributed by atoms with Gasteiger partial charge < -0.3 is 4.42 Å². The molecule has 2 aromatic heterocycles. The Labute approximate surface area is 168 Å². The van der Waals surface area contributed by atoms with E-state index in [2.05, 4.69) is 31.6 Å². The fraction of sp³-hybridized carbons (Fsp3) is 0.474. The monoisotopic (exact) mass is 424 g/mol. The number of sulfone groups is 1. The van der Waals surface area contributed by atoms with Gasteiger partial charge in [0.1, 0.15) is 0 Å². The molecule has 28 heavy (non-hydrogen) atoms. The average Bonchev–Trinajstić information content (AvgIpc) is 3.24. The molecule has 2 N–H and O–H groups in total. The lowest BCUT2D eigenvalue weighted by molar-refractivity contribution is 0.0829. The number of hydrogen-bond donors (Lipinski definition) is 2. The highest BCUT2D eigenvalue weighted by Crippen LogP contribution is 2.40. The van der Waals surface area contributed by atoms with Crippen molar-refractivity contribution < 1.29 is 22.4 Å². The van der Waals surface area contributed by atoms with E-state index in [9.17, 15) is 18.0 Å². The van der Waals surface area contributed by atoms with Crippen LogP contribution in [0.5, 0.6) is 0 Å². The number of thiophene rings is 1.